The fourth-order valence-corrected chi connectivity index (χ4v) is 5.59. The number of aromatic nitrogens is 3. The van der Waals surface area contributed by atoms with Gasteiger partial charge in [-0.15, -0.1) is 0 Å². The number of halogens is 2. The Morgan fingerprint density at radius 3 is 2.50 bits per heavy atom. The first-order valence-electron chi connectivity index (χ1n) is 12.1. The van der Waals surface area contributed by atoms with Crippen molar-refractivity contribution < 1.29 is 26.7 Å². The van der Waals surface area contributed by atoms with Crippen LogP contribution >= 0.6 is 0 Å². The van der Waals surface area contributed by atoms with Crippen LogP contribution in [0.25, 0.3) is 22.0 Å². The number of nitrogens with one attached hydrogen (secondary N) is 1. The molecule has 2 aromatic carbocycles. The van der Waals surface area contributed by atoms with Crippen LogP contribution < -0.4 is 14.4 Å². The van der Waals surface area contributed by atoms with E-state index >= 15 is 0 Å². The van der Waals surface area contributed by atoms with E-state index < -0.39 is 26.6 Å². The third-order valence-corrected chi connectivity index (χ3v) is 7.89. The lowest BCUT2D eigenvalue weighted by molar-refractivity contribution is -0.126. The van der Waals surface area contributed by atoms with Gasteiger partial charge in [0.15, 0.2) is 0 Å². The molecular weight excluding hydrogens is 542 g/mol. The zero-order valence-corrected chi connectivity index (χ0v) is 22.2. The zero-order valence-electron chi connectivity index (χ0n) is 21.3. The molecule has 3 heterocycles. The molecular formula is C27H24F2N6O4S. The Labute approximate surface area is 229 Å². The molecule has 2 aromatic heterocycles. The molecule has 40 heavy (non-hydrogen) atoms. The quantitative estimate of drug-likeness (QED) is 0.337. The van der Waals surface area contributed by atoms with E-state index in [2.05, 4.69) is 31.2 Å². The monoisotopic (exact) mass is 566 g/mol. The second-order valence-corrected chi connectivity index (χ2v) is 10.6. The predicted octanol–water partition coefficient (Wildman–Crippen LogP) is 3.61. The van der Waals surface area contributed by atoms with Gasteiger partial charge in [0.25, 0.3) is 10.0 Å². The van der Waals surface area contributed by atoms with Crippen LogP contribution in [0.15, 0.2) is 72.5 Å². The smallest absolute Gasteiger partial charge is 0.264 e. The fourth-order valence-electron chi connectivity index (χ4n) is 4.48. The average molecular weight is 567 g/mol. The lowest BCUT2D eigenvalue weighted by Crippen LogP contribution is -2.48. The number of carbonyl (C=O) groups is 1. The van der Waals surface area contributed by atoms with E-state index in [1.165, 1.54) is 31.8 Å². The zero-order chi connectivity index (χ0) is 28.4. The van der Waals surface area contributed by atoms with E-state index in [-0.39, 0.29) is 17.5 Å². The summed E-state index contributed by atoms with van der Waals surface area (Å²) in [4.78, 5) is 28.1. The summed E-state index contributed by atoms with van der Waals surface area (Å²) in [5, 5.41) is 0.809. The molecule has 0 aliphatic carbocycles. The molecule has 0 atom stereocenters. The van der Waals surface area contributed by atoms with Gasteiger partial charge in [0.2, 0.25) is 11.8 Å². The number of amides is 1. The molecule has 1 N–H and O–H groups in total. The molecule has 13 heteroatoms. The van der Waals surface area contributed by atoms with Gasteiger partial charge in [-0.05, 0) is 42.0 Å². The summed E-state index contributed by atoms with van der Waals surface area (Å²) in [6, 6.07) is 9.21. The van der Waals surface area contributed by atoms with Gasteiger partial charge < -0.3 is 14.5 Å². The molecule has 206 valence electrons. The van der Waals surface area contributed by atoms with E-state index in [4.69, 9.17) is 4.74 Å². The number of pyridine rings is 1. The number of methoxy groups -OCH3 is 1. The molecule has 1 fully saturated rings. The highest BCUT2D eigenvalue weighted by Crippen LogP contribution is 2.33. The van der Waals surface area contributed by atoms with Crippen molar-refractivity contribution >= 4 is 38.3 Å². The third kappa shape index (κ3) is 5.27. The van der Waals surface area contributed by atoms with Crippen LogP contribution in [0.2, 0.25) is 0 Å². The number of benzene rings is 2. The van der Waals surface area contributed by atoms with Gasteiger partial charge in [-0.2, -0.15) is 0 Å². The maximum absolute atomic E-state index is 14.2. The Morgan fingerprint density at radius 2 is 1.80 bits per heavy atom. The summed E-state index contributed by atoms with van der Waals surface area (Å²) in [5.74, 6) is -1.52. The molecule has 0 radical (unpaired) electrons. The lowest BCUT2D eigenvalue weighted by atomic mass is 10.0. The molecule has 0 spiro atoms. The van der Waals surface area contributed by atoms with Gasteiger partial charge in [-0.1, -0.05) is 12.6 Å². The number of hydrogen-bond acceptors (Lipinski definition) is 8. The fraction of sp³-hybridized carbons (Fsp3) is 0.185. The van der Waals surface area contributed by atoms with Crippen LogP contribution in [-0.4, -0.2) is 67.5 Å². The lowest BCUT2D eigenvalue weighted by Gasteiger charge is -2.35. The standard InChI is InChI=1S/C27H24F2N6O4S/c1-3-25(36)34-8-10-35(11-9-34)26-20-6-4-17(12-22(20)31-16-32-26)18-13-23(27(39-2)30-15-18)33-40(37,38)24-7-5-19(28)14-21(24)29/h3-7,12-16,33H,1,8-11H2,2H3. The largest absolute Gasteiger partial charge is 0.480 e. The maximum atomic E-state index is 14.2. The number of nitrogens with zero attached hydrogens (tertiary/aromatic N) is 5. The first kappa shape index (κ1) is 26.9. The number of ether oxygens (including phenoxy) is 1. The number of piperazine rings is 1. The van der Waals surface area contributed by atoms with Crippen LogP contribution in [0.5, 0.6) is 5.88 Å². The predicted molar refractivity (Wildman–Crippen MR) is 145 cm³/mol. The summed E-state index contributed by atoms with van der Waals surface area (Å²) < 4.78 is 60.8. The van der Waals surface area contributed by atoms with E-state index in [1.54, 1.807) is 4.90 Å². The molecule has 0 unspecified atom stereocenters. The minimum atomic E-state index is -4.42. The molecule has 0 saturated carbocycles. The van der Waals surface area contributed by atoms with Crippen molar-refractivity contribution in [3.8, 4) is 17.0 Å². The Bertz CT molecular complexity index is 1730. The molecule has 1 amide bonds. The van der Waals surface area contributed by atoms with Gasteiger partial charge in [-0.25, -0.2) is 32.2 Å². The minimum Gasteiger partial charge on any atom is -0.480 e. The Balaban J connectivity index is 1.45. The summed E-state index contributed by atoms with van der Waals surface area (Å²) in [5.41, 5.74) is 1.84. The third-order valence-electron chi connectivity index (χ3n) is 6.49. The van der Waals surface area contributed by atoms with Crippen molar-refractivity contribution in [1.82, 2.24) is 19.9 Å². The van der Waals surface area contributed by atoms with Gasteiger partial charge >= 0.3 is 0 Å². The van der Waals surface area contributed by atoms with Gasteiger partial charge in [-0.3, -0.25) is 9.52 Å². The molecule has 1 aliphatic heterocycles. The summed E-state index contributed by atoms with van der Waals surface area (Å²) >= 11 is 0. The number of hydrogen-bond donors (Lipinski definition) is 1. The Morgan fingerprint density at radius 1 is 1.02 bits per heavy atom. The molecule has 1 aliphatic rings. The second kappa shape index (κ2) is 10.8. The highest BCUT2D eigenvalue weighted by atomic mass is 32.2. The van der Waals surface area contributed by atoms with Crippen LogP contribution in [0, 0.1) is 11.6 Å². The van der Waals surface area contributed by atoms with Crippen molar-refractivity contribution in [3.63, 3.8) is 0 Å². The first-order valence-corrected chi connectivity index (χ1v) is 13.6. The molecule has 10 nitrogen and oxygen atoms in total. The highest BCUT2D eigenvalue weighted by molar-refractivity contribution is 7.92. The van der Waals surface area contributed by atoms with Crippen molar-refractivity contribution in [1.29, 1.82) is 0 Å². The maximum Gasteiger partial charge on any atom is 0.264 e. The number of anilines is 2. The summed E-state index contributed by atoms with van der Waals surface area (Å²) in [7, 11) is -3.10. The molecule has 0 bridgehead atoms. The highest BCUT2D eigenvalue weighted by Gasteiger charge is 2.24. The van der Waals surface area contributed by atoms with Crippen molar-refractivity contribution in [2.24, 2.45) is 0 Å². The number of carbonyl (C=O) groups excluding carboxylic acids is 1. The van der Waals surface area contributed by atoms with E-state index in [1.807, 2.05) is 18.2 Å². The van der Waals surface area contributed by atoms with Gasteiger partial charge in [0.1, 0.15) is 34.4 Å². The van der Waals surface area contributed by atoms with E-state index in [0.29, 0.717) is 48.9 Å². The summed E-state index contributed by atoms with van der Waals surface area (Å²) in [6.45, 7) is 5.85. The van der Waals surface area contributed by atoms with Crippen LogP contribution in [-0.2, 0) is 14.8 Å². The van der Waals surface area contributed by atoms with Gasteiger partial charge in [0, 0.05) is 49.4 Å². The Hall–Kier alpha value is -4.65. The van der Waals surface area contributed by atoms with Crippen molar-refractivity contribution in [2.75, 3.05) is 42.9 Å². The number of fused-ring (bicyclic) bond motifs is 1. The summed E-state index contributed by atoms with van der Waals surface area (Å²) in [6.07, 6.45) is 4.28. The Kier molecular flexibility index (Phi) is 7.30. The normalized spacial score (nSPS) is 13.8. The SMILES string of the molecule is C=CC(=O)N1CCN(c2ncnc3cc(-c4cnc(OC)c(NS(=O)(=O)c5ccc(F)cc5F)c4)ccc23)CC1. The molecule has 5 rings (SSSR count). The van der Waals surface area contributed by atoms with Gasteiger partial charge in [0.05, 0.1) is 12.6 Å². The first-order chi connectivity index (χ1) is 19.2. The topological polar surface area (TPSA) is 118 Å². The number of rotatable bonds is 7. The van der Waals surface area contributed by atoms with Crippen LogP contribution in [0.3, 0.4) is 0 Å². The van der Waals surface area contributed by atoms with Crippen molar-refractivity contribution in [2.45, 2.75) is 4.90 Å². The van der Waals surface area contributed by atoms with E-state index in [0.717, 1.165) is 23.3 Å². The molecule has 4 aromatic rings. The van der Waals surface area contributed by atoms with Crippen LogP contribution in [0.1, 0.15) is 0 Å². The van der Waals surface area contributed by atoms with Crippen molar-refractivity contribution in [3.05, 3.63) is 79.3 Å². The van der Waals surface area contributed by atoms with Crippen LogP contribution in [0.4, 0.5) is 20.3 Å². The average Bonchev–Trinajstić information content (AvgIpc) is 2.95. The molecule has 1 saturated heterocycles. The van der Waals surface area contributed by atoms with E-state index in [9.17, 15) is 22.0 Å². The minimum absolute atomic E-state index is 0.0286. The number of sulfonamides is 1. The second-order valence-electron chi connectivity index (χ2n) is 8.91.